The predicted molar refractivity (Wildman–Crippen MR) is 80.3 cm³/mol. The minimum Gasteiger partial charge on any atom is -0.403 e. The number of nitrogens with one attached hydrogen (secondary N) is 2. The second-order valence-corrected chi connectivity index (χ2v) is 3.73. The Labute approximate surface area is 111 Å². The smallest absolute Gasteiger partial charge is 0.0999 e. The van der Waals surface area contributed by atoms with Gasteiger partial charge in [-0.25, -0.2) is 0 Å². The highest BCUT2D eigenvalue weighted by atomic mass is 15.1. The molecule has 0 bridgehead atoms. The number of rotatable bonds is 8. The highest BCUT2D eigenvalue weighted by Crippen LogP contribution is 2.00. The predicted octanol–water partition coefficient (Wildman–Crippen LogP) is 3.27. The molecule has 0 aromatic carbocycles. The molecule has 3 nitrogen and oxygen atoms in total. The SMILES string of the molecule is C=C(NC(/C=C\C)=C/C=C\CC)N/C(=C/N)CC. The van der Waals surface area contributed by atoms with Crippen molar-refractivity contribution in [3.63, 3.8) is 0 Å². The summed E-state index contributed by atoms with van der Waals surface area (Å²) >= 11 is 0. The Morgan fingerprint density at radius 2 is 2.00 bits per heavy atom. The van der Waals surface area contributed by atoms with Crippen LogP contribution in [-0.4, -0.2) is 0 Å². The molecular formula is C15H25N3. The van der Waals surface area contributed by atoms with Gasteiger partial charge in [0, 0.05) is 17.6 Å². The van der Waals surface area contributed by atoms with Gasteiger partial charge in [-0.2, -0.15) is 0 Å². The largest absolute Gasteiger partial charge is 0.403 e. The third-order valence-electron chi connectivity index (χ3n) is 2.18. The van der Waals surface area contributed by atoms with Crippen LogP contribution in [-0.2, 0) is 0 Å². The van der Waals surface area contributed by atoms with E-state index >= 15 is 0 Å². The Balaban J connectivity index is 4.55. The van der Waals surface area contributed by atoms with Gasteiger partial charge >= 0.3 is 0 Å². The molecule has 0 aromatic heterocycles. The molecule has 0 spiro atoms. The summed E-state index contributed by atoms with van der Waals surface area (Å²) in [6.45, 7) is 10.0. The molecule has 0 amide bonds. The summed E-state index contributed by atoms with van der Waals surface area (Å²) in [6.07, 6.45) is 13.5. The van der Waals surface area contributed by atoms with Gasteiger partial charge in [-0.1, -0.05) is 38.7 Å². The molecule has 4 N–H and O–H groups in total. The zero-order valence-electron chi connectivity index (χ0n) is 11.7. The van der Waals surface area contributed by atoms with E-state index in [0.29, 0.717) is 5.82 Å². The van der Waals surface area contributed by atoms with Gasteiger partial charge in [0.05, 0.1) is 5.82 Å². The van der Waals surface area contributed by atoms with E-state index in [1.54, 1.807) is 6.20 Å². The fourth-order valence-electron chi connectivity index (χ4n) is 1.27. The maximum Gasteiger partial charge on any atom is 0.0999 e. The van der Waals surface area contributed by atoms with Crippen molar-refractivity contribution in [2.75, 3.05) is 0 Å². The minimum atomic E-state index is 0.711. The standard InChI is InChI=1S/C15H25N3/c1-5-8-9-11-15(10-6-2)18-13(4)17-14(7-3)12-16/h6,8-12,17-18H,4-5,7,16H2,1-3H3/b9-8-,10-6-,14-12+,15-11+. The Bertz CT molecular complexity index is 360. The van der Waals surface area contributed by atoms with E-state index in [4.69, 9.17) is 5.73 Å². The lowest BCUT2D eigenvalue weighted by atomic mass is 10.3. The van der Waals surface area contributed by atoms with Crippen molar-refractivity contribution in [2.24, 2.45) is 5.73 Å². The van der Waals surface area contributed by atoms with Crippen LogP contribution >= 0.6 is 0 Å². The average Bonchev–Trinajstić information content (AvgIpc) is 2.36. The molecule has 3 heteroatoms. The topological polar surface area (TPSA) is 50.1 Å². The minimum absolute atomic E-state index is 0.711. The number of nitrogens with two attached hydrogens (primary N) is 1. The normalized spacial score (nSPS) is 13.3. The first-order chi connectivity index (χ1) is 8.67. The number of hydrogen-bond acceptors (Lipinski definition) is 3. The molecule has 0 rings (SSSR count). The van der Waals surface area contributed by atoms with Gasteiger partial charge < -0.3 is 16.4 Å². The van der Waals surface area contributed by atoms with E-state index in [2.05, 4.69) is 30.2 Å². The zero-order chi connectivity index (χ0) is 13.8. The van der Waals surface area contributed by atoms with Crippen LogP contribution in [0.4, 0.5) is 0 Å². The maximum absolute atomic E-state index is 5.49. The van der Waals surface area contributed by atoms with Crippen LogP contribution in [0.5, 0.6) is 0 Å². The molecule has 0 radical (unpaired) electrons. The fraction of sp³-hybridized carbons (Fsp3) is 0.333. The van der Waals surface area contributed by atoms with Gasteiger partial charge in [-0.15, -0.1) is 0 Å². The molecule has 0 saturated carbocycles. The molecule has 0 unspecified atom stereocenters. The second kappa shape index (κ2) is 10.3. The van der Waals surface area contributed by atoms with Gasteiger partial charge in [0.25, 0.3) is 0 Å². The summed E-state index contributed by atoms with van der Waals surface area (Å²) in [7, 11) is 0. The molecule has 0 heterocycles. The van der Waals surface area contributed by atoms with Crippen LogP contribution in [0.2, 0.25) is 0 Å². The molecule has 0 aromatic rings. The van der Waals surface area contributed by atoms with Crippen LogP contribution in [0.15, 0.2) is 60.4 Å². The van der Waals surface area contributed by atoms with Crippen LogP contribution in [0, 0.1) is 0 Å². The Morgan fingerprint density at radius 1 is 1.28 bits per heavy atom. The van der Waals surface area contributed by atoms with E-state index in [1.807, 2.05) is 38.2 Å². The zero-order valence-corrected chi connectivity index (χ0v) is 11.7. The maximum atomic E-state index is 5.49. The van der Waals surface area contributed by atoms with Gasteiger partial charge in [0.2, 0.25) is 0 Å². The molecular weight excluding hydrogens is 222 g/mol. The molecule has 0 aliphatic heterocycles. The lowest BCUT2D eigenvalue weighted by Crippen LogP contribution is -2.24. The molecule has 18 heavy (non-hydrogen) atoms. The van der Waals surface area contributed by atoms with Crippen LogP contribution in [0.25, 0.3) is 0 Å². The monoisotopic (exact) mass is 247 g/mol. The van der Waals surface area contributed by atoms with Crippen molar-refractivity contribution >= 4 is 0 Å². The molecule has 100 valence electrons. The van der Waals surface area contributed by atoms with Crippen molar-refractivity contribution in [3.8, 4) is 0 Å². The quantitative estimate of drug-likeness (QED) is 0.577. The van der Waals surface area contributed by atoms with E-state index in [9.17, 15) is 0 Å². The fourth-order valence-corrected chi connectivity index (χ4v) is 1.27. The Morgan fingerprint density at radius 3 is 2.50 bits per heavy atom. The lowest BCUT2D eigenvalue weighted by Gasteiger charge is -2.14. The summed E-state index contributed by atoms with van der Waals surface area (Å²) in [5.41, 5.74) is 7.41. The van der Waals surface area contributed by atoms with Crippen LogP contribution < -0.4 is 16.4 Å². The summed E-state index contributed by atoms with van der Waals surface area (Å²) < 4.78 is 0. The summed E-state index contributed by atoms with van der Waals surface area (Å²) in [4.78, 5) is 0. The van der Waals surface area contributed by atoms with E-state index in [0.717, 1.165) is 24.2 Å². The van der Waals surface area contributed by atoms with Crippen LogP contribution in [0.1, 0.15) is 33.6 Å². The van der Waals surface area contributed by atoms with E-state index in [1.165, 1.54) is 0 Å². The van der Waals surface area contributed by atoms with Gasteiger partial charge in [-0.3, -0.25) is 0 Å². The lowest BCUT2D eigenvalue weighted by molar-refractivity contribution is 0.809. The highest BCUT2D eigenvalue weighted by Gasteiger charge is 1.97. The summed E-state index contributed by atoms with van der Waals surface area (Å²) in [5.74, 6) is 0.711. The Hall–Kier alpha value is -1.90. The van der Waals surface area contributed by atoms with Crippen molar-refractivity contribution in [2.45, 2.75) is 33.6 Å². The summed E-state index contributed by atoms with van der Waals surface area (Å²) in [5, 5.41) is 6.32. The molecule has 0 saturated heterocycles. The van der Waals surface area contributed by atoms with E-state index < -0.39 is 0 Å². The first-order valence-electron chi connectivity index (χ1n) is 6.31. The third-order valence-corrected chi connectivity index (χ3v) is 2.18. The highest BCUT2D eigenvalue weighted by molar-refractivity contribution is 5.25. The second-order valence-electron chi connectivity index (χ2n) is 3.73. The molecule has 0 fully saturated rings. The van der Waals surface area contributed by atoms with E-state index in [-0.39, 0.29) is 0 Å². The first kappa shape index (κ1) is 16.1. The van der Waals surface area contributed by atoms with Gasteiger partial charge in [0.15, 0.2) is 0 Å². The summed E-state index contributed by atoms with van der Waals surface area (Å²) in [6, 6.07) is 0. The average molecular weight is 247 g/mol. The molecule has 0 aliphatic carbocycles. The van der Waals surface area contributed by atoms with Crippen molar-refractivity contribution in [3.05, 3.63) is 60.4 Å². The Kier molecular flexibility index (Phi) is 9.18. The number of allylic oxidation sites excluding steroid dienone is 6. The van der Waals surface area contributed by atoms with Crippen LogP contribution in [0.3, 0.4) is 0 Å². The third kappa shape index (κ3) is 7.39. The van der Waals surface area contributed by atoms with Crippen molar-refractivity contribution in [1.29, 1.82) is 0 Å². The van der Waals surface area contributed by atoms with Gasteiger partial charge in [0.1, 0.15) is 0 Å². The first-order valence-corrected chi connectivity index (χ1v) is 6.31. The molecule has 0 atom stereocenters. The van der Waals surface area contributed by atoms with Crippen molar-refractivity contribution < 1.29 is 0 Å². The van der Waals surface area contributed by atoms with Gasteiger partial charge in [-0.05, 0) is 31.9 Å². The number of hydrogen-bond donors (Lipinski definition) is 3. The molecule has 0 aliphatic rings. The van der Waals surface area contributed by atoms with Crippen molar-refractivity contribution in [1.82, 2.24) is 10.6 Å².